The molecule has 0 aliphatic carbocycles. The number of carbonyl (C=O) groups excluding carboxylic acids is 1. The maximum Gasteiger partial charge on any atom is 0.257 e. The molecule has 4 aromatic carbocycles. The van der Waals surface area contributed by atoms with Crippen LogP contribution in [0.1, 0.15) is 84.0 Å². The Morgan fingerprint density at radius 1 is 0.765 bits per heavy atom. The number of aliphatic hydroxyl groups is 1. The molecule has 11 heteroatoms. The number of benzene rings is 4. The second-order valence-electron chi connectivity index (χ2n) is 13.3. The predicted molar refractivity (Wildman–Crippen MR) is 182 cm³/mol. The van der Waals surface area contributed by atoms with Crippen molar-refractivity contribution in [3.05, 3.63) is 130 Å². The second kappa shape index (κ2) is 16.5. The van der Waals surface area contributed by atoms with Crippen molar-refractivity contribution < 1.29 is 41.3 Å². The van der Waals surface area contributed by atoms with Crippen molar-refractivity contribution in [3.63, 3.8) is 0 Å². The molecule has 1 amide bonds. The number of rotatable bonds is 9. The van der Waals surface area contributed by atoms with Crippen molar-refractivity contribution in [1.82, 2.24) is 10.2 Å². The number of hydrogen-bond acceptors (Lipinski definition) is 5. The molecule has 0 radical (unpaired) electrons. The lowest BCUT2D eigenvalue weighted by Gasteiger charge is -2.43. The number of nitrogens with one attached hydrogen (secondary N) is 1. The van der Waals surface area contributed by atoms with Crippen LogP contribution in [-0.4, -0.2) is 41.7 Å². The van der Waals surface area contributed by atoms with Gasteiger partial charge in [0, 0.05) is 24.6 Å². The molecule has 51 heavy (non-hydrogen) atoms. The van der Waals surface area contributed by atoms with E-state index < -0.39 is 46.8 Å². The van der Waals surface area contributed by atoms with Crippen LogP contribution in [0.5, 0.6) is 0 Å². The van der Waals surface area contributed by atoms with Gasteiger partial charge in [-0.1, -0.05) is 99.0 Å². The normalized spacial score (nSPS) is 21.5. The molecule has 2 saturated heterocycles. The standard InChI is InChI=1S/C40H41F5N2O4/c1-24-31(22-47-19-7-3-2-4-8-20-47)50-40(51-38(24)27-13-11-25(23-48)12-14-27)28-17-15-26(16-18-28)30-10-6-5-9-29(30)21-46-39(49)32-33(41)35(43)37(45)36(44)34(32)42/h5-6,9-18,24,31,38,40,48H,2-4,7-8,19-23H2,1H3,(H,46,49)/t24-,31+,38+,40+/m0/s1. The van der Waals surface area contributed by atoms with E-state index in [0.717, 1.165) is 54.7 Å². The molecular formula is C40H41F5N2O4. The van der Waals surface area contributed by atoms with Crippen molar-refractivity contribution >= 4 is 5.91 Å². The molecule has 0 aromatic heterocycles. The number of likely N-dealkylation sites (tertiary alicyclic amines) is 1. The zero-order valence-corrected chi connectivity index (χ0v) is 28.3. The maximum atomic E-state index is 14.2. The van der Waals surface area contributed by atoms with E-state index in [2.05, 4.69) is 17.1 Å². The van der Waals surface area contributed by atoms with Crippen molar-refractivity contribution in [2.45, 2.75) is 70.7 Å². The van der Waals surface area contributed by atoms with Gasteiger partial charge in [-0.2, -0.15) is 0 Å². The van der Waals surface area contributed by atoms with Gasteiger partial charge in [-0.15, -0.1) is 0 Å². The first-order chi connectivity index (χ1) is 24.7. The summed E-state index contributed by atoms with van der Waals surface area (Å²) in [5, 5.41) is 11.9. The van der Waals surface area contributed by atoms with E-state index in [9.17, 15) is 31.9 Å². The Morgan fingerprint density at radius 3 is 2.00 bits per heavy atom. The predicted octanol–water partition coefficient (Wildman–Crippen LogP) is 8.53. The van der Waals surface area contributed by atoms with Crippen molar-refractivity contribution in [2.24, 2.45) is 5.92 Å². The molecule has 2 aliphatic heterocycles. The molecule has 2 aliphatic rings. The van der Waals surface area contributed by atoms with Crippen LogP contribution in [0.4, 0.5) is 22.0 Å². The van der Waals surface area contributed by atoms with Crippen LogP contribution < -0.4 is 5.32 Å². The third-order valence-corrected chi connectivity index (χ3v) is 9.90. The van der Waals surface area contributed by atoms with Crippen LogP contribution in [0.3, 0.4) is 0 Å². The summed E-state index contributed by atoms with van der Waals surface area (Å²) in [5.41, 5.74) is 3.10. The fourth-order valence-electron chi connectivity index (χ4n) is 6.92. The van der Waals surface area contributed by atoms with Gasteiger partial charge in [-0.25, -0.2) is 22.0 Å². The van der Waals surface area contributed by atoms with Crippen molar-refractivity contribution in [3.8, 4) is 11.1 Å². The Kier molecular flexibility index (Phi) is 11.8. The second-order valence-corrected chi connectivity index (χ2v) is 13.3. The maximum absolute atomic E-state index is 14.2. The lowest BCUT2D eigenvalue weighted by molar-refractivity contribution is -0.276. The molecule has 4 aromatic rings. The molecule has 0 bridgehead atoms. The minimum Gasteiger partial charge on any atom is -0.392 e. The Morgan fingerprint density at radius 2 is 1.35 bits per heavy atom. The molecule has 2 heterocycles. The van der Waals surface area contributed by atoms with Crippen LogP contribution in [0.25, 0.3) is 11.1 Å². The summed E-state index contributed by atoms with van der Waals surface area (Å²) in [4.78, 5) is 15.1. The number of aliphatic hydroxyl groups excluding tert-OH is 1. The summed E-state index contributed by atoms with van der Waals surface area (Å²) in [6.45, 7) is 4.72. The number of carbonyl (C=O) groups is 1. The first-order valence-corrected chi connectivity index (χ1v) is 17.4. The number of nitrogens with zero attached hydrogens (tertiary/aromatic N) is 1. The zero-order chi connectivity index (χ0) is 36.1. The number of hydrogen-bond donors (Lipinski definition) is 2. The van der Waals surface area contributed by atoms with Gasteiger partial charge in [0.2, 0.25) is 5.82 Å². The van der Waals surface area contributed by atoms with Crippen LogP contribution >= 0.6 is 0 Å². The van der Waals surface area contributed by atoms with E-state index in [-0.39, 0.29) is 31.3 Å². The summed E-state index contributed by atoms with van der Waals surface area (Å²) in [6.07, 6.45) is 5.05. The molecule has 6 rings (SSSR count). The van der Waals surface area contributed by atoms with E-state index in [1.54, 1.807) is 24.3 Å². The van der Waals surface area contributed by atoms with Gasteiger partial charge in [0.25, 0.3) is 5.91 Å². The third-order valence-electron chi connectivity index (χ3n) is 9.90. The molecule has 0 saturated carbocycles. The SMILES string of the molecule is C[C@H]1[C@@H](CN2CCCCCCC2)O[C@@H](c2ccc(-c3ccccc3CNC(=O)c3c(F)c(F)c(F)c(F)c3F)cc2)O[C@H]1c1ccc(CO)cc1. The summed E-state index contributed by atoms with van der Waals surface area (Å²) in [6, 6.07) is 22.3. The molecule has 0 spiro atoms. The number of amides is 1. The third kappa shape index (κ3) is 8.17. The van der Waals surface area contributed by atoms with E-state index in [4.69, 9.17) is 9.47 Å². The lowest BCUT2D eigenvalue weighted by atomic mass is 9.89. The highest BCUT2D eigenvalue weighted by atomic mass is 19.2. The number of halogens is 5. The molecule has 270 valence electrons. The van der Waals surface area contributed by atoms with E-state index in [0.29, 0.717) is 11.1 Å². The molecule has 4 atom stereocenters. The Hall–Kier alpha value is -4.16. The van der Waals surface area contributed by atoms with E-state index in [1.807, 2.05) is 48.5 Å². The Balaban J connectivity index is 1.21. The average molecular weight is 709 g/mol. The first-order valence-electron chi connectivity index (χ1n) is 17.4. The minimum atomic E-state index is -2.33. The molecule has 6 nitrogen and oxygen atoms in total. The van der Waals surface area contributed by atoms with Crippen molar-refractivity contribution in [1.29, 1.82) is 0 Å². The van der Waals surface area contributed by atoms with Crippen molar-refractivity contribution in [2.75, 3.05) is 19.6 Å². The van der Waals surface area contributed by atoms with Gasteiger partial charge in [0.05, 0.1) is 18.8 Å². The van der Waals surface area contributed by atoms with Crippen LogP contribution in [0.15, 0.2) is 72.8 Å². The lowest BCUT2D eigenvalue weighted by Crippen LogP contribution is -2.45. The van der Waals surface area contributed by atoms with Crippen LogP contribution in [0.2, 0.25) is 0 Å². The summed E-state index contributed by atoms with van der Waals surface area (Å²) in [5.74, 6) is -12.5. The van der Waals surface area contributed by atoms with Crippen LogP contribution in [-0.2, 0) is 22.6 Å². The quantitative estimate of drug-likeness (QED) is 0.104. The van der Waals surface area contributed by atoms with Gasteiger partial charge in [-0.05, 0) is 53.7 Å². The van der Waals surface area contributed by atoms with Crippen LogP contribution in [0, 0.1) is 35.0 Å². The average Bonchev–Trinajstić information content (AvgIpc) is 3.14. The van der Waals surface area contributed by atoms with Gasteiger partial charge < -0.3 is 24.8 Å². The smallest absolute Gasteiger partial charge is 0.257 e. The highest BCUT2D eigenvalue weighted by molar-refractivity contribution is 5.95. The number of ether oxygens (including phenoxy) is 2. The van der Waals surface area contributed by atoms with Gasteiger partial charge in [0.1, 0.15) is 5.56 Å². The summed E-state index contributed by atoms with van der Waals surface area (Å²) < 4.78 is 82.8. The van der Waals surface area contributed by atoms with E-state index in [1.165, 1.54) is 19.3 Å². The Bertz CT molecular complexity index is 1780. The topological polar surface area (TPSA) is 71.0 Å². The zero-order valence-electron chi connectivity index (χ0n) is 28.3. The van der Waals surface area contributed by atoms with Gasteiger partial charge in [0.15, 0.2) is 29.6 Å². The largest absolute Gasteiger partial charge is 0.392 e. The fraction of sp³-hybridized carbons (Fsp3) is 0.375. The molecule has 0 unspecified atom stereocenters. The molecule has 2 fully saturated rings. The van der Waals surface area contributed by atoms with Gasteiger partial charge in [-0.3, -0.25) is 4.79 Å². The molecule has 2 N–H and O–H groups in total. The summed E-state index contributed by atoms with van der Waals surface area (Å²) >= 11 is 0. The monoisotopic (exact) mass is 708 g/mol. The minimum absolute atomic E-state index is 0.0438. The highest BCUT2D eigenvalue weighted by Gasteiger charge is 2.39. The highest BCUT2D eigenvalue weighted by Crippen LogP contribution is 2.42. The Labute approximate surface area is 294 Å². The van der Waals surface area contributed by atoms with Gasteiger partial charge >= 0.3 is 0 Å². The van der Waals surface area contributed by atoms with E-state index >= 15 is 0 Å². The fourth-order valence-corrected chi connectivity index (χ4v) is 6.92. The first kappa shape index (κ1) is 36.6. The summed E-state index contributed by atoms with van der Waals surface area (Å²) in [7, 11) is 0. The molecular weight excluding hydrogens is 667 g/mol.